The minimum Gasteiger partial charge on any atom is -0.454 e. The lowest BCUT2D eigenvalue weighted by Crippen LogP contribution is -2.57. The summed E-state index contributed by atoms with van der Waals surface area (Å²) in [5.41, 5.74) is 8.19. The first-order valence-corrected chi connectivity index (χ1v) is 13.5. The smallest absolute Gasteiger partial charge is 0.231 e. The van der Waals surface area contributed by atoms with Crippen molar-refractivity contribution in [3.05, 3.63) is 23.3 Å². The number of sulfonamides is 1. The third-order valence-corrected chi connectivity index (χ3v) is 9.59. The van der Waals surface area contributed by atoms with Gasteiger partial charge >= 0.3 is 0 Å². The van der Waals surface area contributed by atoms with E-state index in [1.807, 2.05) is 4.31 Å². The van der Waals surface area contributed by atoms with Gasteiger partial charge in [0, 0.05) is 31.7 Å². The summed E-state index contributed by atoms with van der Waals surface area (Å²) in [6.07, 6.45) is 7.67. The molecule has 0 saturated carbocycles. The molecule has 0 unspecified atom stereocenters. The number of hydrogen-bond acceptors (Lipinski definition) is 6. The van der Waals surface area contributed by atoms with Crippen molar-refractivity contribution in [3.63, 3.8) is 0 Å². The molecule has 0 amide bonds. The third-order valence-electron chi connectivity index (χ3n) is 7.62. The van der Waals surface area contributed by atoms with E-state index < -0.39 is 10.0 Å². The topological polar surface area (TPSA) is 85.1 Å². The van der Waals surface area contributed by atoms with Crippen molar-refractivity contribution in [1.29, 1.82) is 0 Å². The number of hydrogen-bond donors (Lipinski definition) is 1. The molecule has 172 valence electrons. The van der Waals surface area contributed by atoms with Crippen LogP contribution in [0, 0.1) is 5.92 Å². The summed E-state index contributed by atoms with van der Waals surface area (Å²) in [5.74, 6) is 2.38. The van der Waals surface area contributed by atoms with Crippen molar-refractivity contribution in [2.24, 2.45) is 11.7 Å². The maximum Gasteiger partial charge on any atom is 0.231 e. The summed E-state index contributed by atoms with van der Waals surface area (Å²) in [7, 11) is -3.23. The van der Waals surface area contributed by atoms with Crippen molar-refractivity contribution in [3.8, 4) is 11.5 Å². The molecule has 5 rings (SSSR count). The average molecular weight is 450 g/mol. The zero-order valence-corrected chi connectivity index (χ0v) is 19.1. The molecule has 4 aliphatic heterocycles. The molecule has 3 atom stereocenters. The maximum absolute atomic E-state index is 13.3. The zero-order chi connectivity index (χ0) is 21.4. The summed E-state index contributed by atoms with van der Waals surface area (Å²) < 4.78 is 39.7. The number of benzene rings is 1. The van der Waals surface area contributed by atoms with E-state index in [4.69, 9.17) is 15.2 Å². The van der Waals surface area contributed by atoms with Gasteiger partial charge in [-0.1, -0.05) is 12.8 Å². The van der Waals surface area contributed by atoms with Gasteiger partial charge in [-0.2, -0.15) is 4.31 Å². The SMILES string of the molecule is NCCCCCCS(=O)(=O)N1CCC[C@@H]2CN3CCc4cc5c(cc4[C@@H]3C[C@@H]21)OCO5. The van der Waals surface area contributed by atoms with E-state index in [2.05, 4.69) is 17.0 Å². The summed E-state index contributed by atoms with van der Waals surface area (Å²) in [4.78, 5) is 2.58. The van der Waals surface area contributed by atoms with Crippen LogP contribution in [0.25, 0.3) is 0 Å². The molecule has 1 aromatic carbocycles. The van der Waals surface area contributed by atoms with E-state index >= 15 is 0 Å². The summed E-state index contributed by atoms with van der Waals surface area (Å²) in [6.45, 7) is 3.67. The quantitative estimate of drug-likeness (QED) is 0.644. The van der Waals surface area contributed by atoms with E-state index in [1.54, 1.807) is 0 Å². The van der Waals surface area contributed by atoms with E-state index in [-0.39, 0.29) is 24.6 Å². The van der Waals surface area contributed by atoms with Crippen LogP contribution in [0.2, 0.25) is 0 Å². The molecule has 0 bridgehead atoms. The van der Waals surface area contributed by atoms with Crippen LogP contribution in [0.15, 0.2) is 12.1 Å². The molecule has 1 aromatic rings. The second kappa shape index (κ2) is 8.89. The van der Waals surface area contributed by atoms with Crippen LogP contribution in [-0.2, 0) is 16.4 Å². The van der Waals surface area contributed by atoms with Gasteiger partial charge in [-0.25, -0.2) is 8.42 Å². The van der Waals surface area contributed by atoms with Crippen LogP contribution in [0.5, 0.6) is 11.5 Å². The Bertz CT molecular complexity index is 906. The maximum atomic E-state index is 13.3. The highest BCUT2D eigenvalue weighted by molar-refractivity contribution is 7.89. The van der Waals surface area contributed by atoms with Crippen LogP contribution in [0.1, 0.15) is 62.1 Å². The normalized spacial score (nSPS) is 28.1. The van der Waals surface area contributed by atoms with Crippen molar-refractivity contribution in [2.75, 3.05) is 38.7 Å². The number of ether oxygens (including phenoxy) is 2. The molecule has 4 aliphatic rings. The number of piperidine rings is 2. The van der Waals surface area contributed by atoms with Crippen LogP contribution < -0.4 is 15.2 Å². The minimum atomic E-state index is -3.23. The Labute approximate surface area is 185 Å². The Kier molecular flexibility index (Phi) is 6.16. The number of unbranched alkanes of at least 4 members (excludes halogenated alkanes) is 3. The van der Waals surface area contributed by atoms with Gasteiger partial charge in [0.2, 0.25) is 16.8 Å². The summed E-state index contributed by atoms with van der Waals surface area (Å²) >= 11 is 0. The monoisotopic (exact) mass is 449 g/mol. The molecule has 7 nitrogen and oxygen atoms in total. The molecule has 0 aliphatic carbocycles. The van der Waals surface area contributed by atoms with Crippen molar-refractivity contribution in [2.45, 2.75) is 63.5 Å². The van der Waals surface area contributed by atoms with Gasteiger partial charge in [0.1, 0.15) is 0 Å². The third kappa shape index (κ3) is 4.19. The first kappa shape index (κ1) is 21.5. The molecule has 4 heterocycles. The van der Waals surface area contributed by atoms with Crippen molar-refractivity contribution in [1.82, 2.24) is 9.21 Å². The Hall–Kier alpha value is -1.35. The first-order chi connectivity index (χ1) is 15.1. The van der Waals surface area contributed by atoms with Gasteiger partial charge in [0.15, 0.2) is 11.5 Å². The number of fused-ring (bicyclic) bond motifs is 5. The molecule has 2 saturated heterocycles. The molecule has 2 fully saturated rings. The minimum absolute atomic E-state index is 0.111. The fourth-order valence-electron chi connectivity index (χ4n) is 6.04. The summed E-state index contributed by atoms with van der Waals surface area (Å²) in [6, 6.07) is 4.66. The van der Waals surface area contributed by atoms with Gasteiger partial charge in [-0.05, 0) is 74.2 Å². The number of rotatable bonds is 7. The van der Waals surface area contributed by atoms with Gasteiger partial charge in [0.25, 0.3) is 0 Å². The molecule has 0 aromatic heterocycles. The van der Waals surface area contributed by atoms with Crippen molar-refractivity contribution < 1.29 is 17.9 Å². The predicted octanol–water partition coefficient (Wildman–Crippen LogP) is 2.65. The second-order valence-corrected chi connectivity index (χ2v) is 11.5. The largest absolute Gasteiger partial charge is 0.454 e. The molecular formula is C23H35N3O4S. The number of nitrogens with two attached hydrogens (primary N) is 1. The lowest BCUT2D eigenvalue weighted by molar-refractivity contribution is 0.0219. The van der Waals surface area contributed by atoms with E-state index in [0.717, 1.165) is 76.0 Å². The number of nitrogens with zero attached hydrogens (tertiary/aromatic N) is 2. The van der Waals surface area contributed by atoms with Crippen LogP contribution >= 0.6 is 0 Å². The highest BCUT2D eigenvalue weighted by Gasteiger charge is 2.46. The van der Waals surface area contributed by atoms with Gasteiger partial charge in [-0.15, -0.1) is 0 Å². The fourth-order valence-corrected chi connectivity index (χ4v) is 7.92. The molecule has 0 radical (unpaired) electrons. The van der Waals surface area contributed by atoms with Gasteiger partial charge in [0.05, 0.1) is 5.75 Å². The van der Waals surface area contributed by atoms with Gasteiger partial charge < -0.3 is 15.2 Å². The Morgan fingerprint density at radius 3 is 2.71 bits per heavy atom. The second-order valence-electron chi connectivity index (χ2n) is 9.50. The molecule has 2 N–H and O–H groups in total. The Morgan fingerprint density at radius 1 is 1.06 bits per heavy atom. The van der Waals surface area contributed by atoms with Crippen molar-refractivity contribution >= 4 is 10.0 Å². The lowest BCUT2D eigenvalue weighted by Gasteiger charge is -2.51. The summed E-state index contributed by atoms with van der Waals surface area (Å²) in [5, 5.41) is 0. The molecule has 8 heteroatoms. The van der Waals surface area contributed by atoms with E-state index in [1.165, 1.54) is 11.1 Å². The van der Waals surface area contributed by atoms with Crippen LogP contribution in [-0.4, -0.2) is 62.4 Å². The Morgan fingerprint density at radius 2 is 1.87 bits per heavy atom. The highest BCUT2D eigenvalue weighted by atomic mass is 32.2. The zero-order valence-electron chi connectivity index (χ0n) is 18.3. The van der Waals surface area contributed by atoms with Gasteiger partial charge in [-0.3, -0.25) is 4.90 Å². The fraction of sp³-hybridized carbons (Fsp3) is 0.739. The molecular weight excluding hydrogens is 414 g/mol. The molecule has 0 spiro atoms. The lowest BCUT2D eigenvalue weighted by atomic mass is 9.77. The highest BCUT2D eigenvalue weighted by Crippen LogP contribution is 2.46. The Balaban J connectivity index is 1.34. The standard InChI is InChI=1S/C23H35N3O4S/c24-8-3-1-2-4-11-31(27,28)26-9-5-6-18-15-25-10-7-17-12-22-23(30-16-29-22)13-19(17)21(25)14-20(18)26/h12-13,18,20-21H,1-11,14-16,24H2/t18-,20+,21+/m1/s1. The molecule has 31 heavy (non-hydrogen) atoms. The van der Waals surface area contributed by atoms with E-state index in [0.29, 0.717) is 19.0 Å². The van der Waals surface area contributed by atoms with E-state index in [9.17, 15) is 8.42 Å². The predicted molar refractivity (Wildman–Crippen MR) is 120 cm³/mol. The van der Waals surface area contributed by atoms with Crippen LogP contribution in [0.4, 0.5) is 0 Å². The average Bonchev–Trinajstić information content (AvgIpc) is 3.23. The first-order valence-electron chi connectivity index (χ1n) is 11.9. The van der Waals surface area contributed by atoms with Crippen LogP contribution in [0.3, 0.4) is 0 Å².